The summed E-state index contributed by atoms with van der Waals surface area (Å²) in [5.74, 6) is 3.83. The minimum absolute atomic E-state index is 0.00607. The van der Waals surface area contributed by atoms with E-state index in [4.69, 9.17) is 43.4 Å². The fourth-order valence-electron chi connectivity index (χ4n) is 13.9. The number of allylic oxidation sites excluding steroid dienone is 12. The minimum Gasteiger partial charge on any atom is -0.507 e. The van der Waals surface area contributed by atoms with Gasteiger partial charge < -0.3 is 53.6 Å². The number of carbonyl (C=O) groups is 1. The van der Waals surface area contributed by atoms with Crippen LogP contribution in [0.2, 0.25) is 0 Å². The third-order valence-corrected chi connectivity index (χ3v) is 21.0. The highest BCUT2D eigenvalue weighted by Crippen LogP contribution is 2.45. The van der Waals surface area contributed by atoms with Crippen LogP contribution < -0.4 is 4.74 Å². The Hall–Kier alpha value is -3.59. The maximum Gasteiger partial charge on any atom is 0.305 e. The Labute approximate surface area is 640 Å². The topological polar surface area (TPSA) is 163 Å². The van der Waals surface area contributed by atoms with E-state index in [9.17, 15) is 15.0 Å². The number of ether oxygens (including phenoxy) is 7. The highest BCUT2D eigenvalue weighted by molar-refractivity contribution is 5.69. The normalized spacial score (nSPS) is 17.9. The lowest BCUT2D eigenvalue weighted by molar-refractivity contribution is -0.148. The van der Waals surface area contributed by atoms with E-state index in [-0.39, 0.29) is 71.0 Å². The summed E-state index contributed by atoms with van der Waals surface area (Å²) in [7, 11) is 0. The minimum atomic E-state index is -0.537. The van der Waals surface area contributed by atoms with Crippen molar-refractivity contribution < 1.29 is 58.4 Å². The van der Waals surface area contributed by atoms with Crippen LogP contribution in [0, 0.1) is 38.5 Å². The molecule has 0 radical (unpaired) electrons. The van der Waals surface area contributed by atoms with Gasteiger partial charge in [-0.2, -0.15) is 0 Å². The summed E-state index contributed by atoms with van der Waals surface area (Å²) in [6.45, 7) is 39.1. The first-order valence-corrected chi connectivity index (χ1v) is 42.3. The van der Waals surface area contributed by atoms with Gasteiger partial charge in [0.15, 0.2) is 0 Å². The molecule has 2 heterocycles. The van der Waals surface area contributed by atoms with Gasteiger partial charge >= 0.3 is 5.97 Å². The van der Waals surface area contributed by atoms with Crippen molar-refractivity contribution in [2.75, 3.05) is 66.1 Å². The molecule has 7 unspecified atom stereocenters. The molecular formula is C92H164O12. The number of phenols is 1. The SMILES string of the molecule is CC(C)=CCC/C(C)=C/CC/C(C)=C/CC/C=C(\C)CC/C=C(\C)CCC=C(C)C.CCCCCCCCCCCCCCCCCC(=O)OCCOCC(OCCO)C1OCC(OCCO)C1OCCCO.Cc1c(C)c2c(c(C)c1O)CCC(C)(CCCC(C)CCCC(C)CCCC(C)C)O2. The monoisotopic (exact) mass is 1460 g/mol. The van der Waals surface area contributed by atoms with Crippen LogP contribution in [-0.4, -0.2) is 122 Å². The lowest BCUT2D eigenvalue weighted by atomic mass is 9.84. The summed E-state index contributed by atoms with van der Waals surface area (Å²) < 4.78 is 41.0. The molecule has 4 N–H and O–H groups in total. The molecule has 1 aromatic rings. The number of unbranched alkanes of at least 4 members (excludes halogenated alkanes) is 15. The largest absolute Gasteiger partial charge is 0.507 e. The Balaban J connectivity index is 0.000000798. The average molecular weight is 1460 g/mol. The fraction of sp³-hybridized carbons (Fsp3) is 0.793. The Bertz CT molecular complexity index is 2440. The standard InChI is InChI=1S/C33H64O10.C30H50.C29H50O2/c1-2-3-4-5-6-7-8-9-10-11-12-13-14-15-16-18-31(37)41-26-25-38-27-29(39-23-20-35)33-32(42-22-17-19-34)30(28-43-33)40-24-21-36;1-25(2)15-11-19-29(7)23-13-21-27(5)17-9-10-18-28(6)22-14-24-30(8)20-12-16-26(3)4;1-20(2)12-9-13-21(3)14-10-15-22(4)16-11-18-29(8)19-17-26-25(7)27(30)23(5)24(6)28(26)31-29/h29-30,32-36H,2-28H2,1H3;15-18,23-24H,9-14,19-22H2,1-8H3;20-22,30H,9-19H2,1-8H3/b;27-17+,28-18+,29-23+,30-24+;. The van der Waals surface area contributed by atoms with Gasteiger partial charge in [0.25, 0.3) is 0 Å². The van der Waals surface area contributed by atoms with Crippen LogP contribution in [0.15, 0.2) is 69.9 Å². The number of fused-ring (bicyclic) bond motifs is 1. The summed E-state index contributed by atoms with van der Waals surface area (Å²) in [5, 5.41) is 37.9. The number of aliphatic hydroxyl groups excluding tert-OH is 3. The van der Waals surface area contributed by atoms with E-state index in [1.807, 2.05) is 13.8 Å². The van der Waals surface area contributed by atoms with Crippen LogP contribution in [0.1, 0.15) is 357 Å². The lowest BCUT2D eigenvalue weighted by Gasteiger charge is -2.38. The van der Waals surface area contributed by atoms with E-state index in [0.29, 0.717) is 25.2 Å². The number of esters is 1. The molecule has 1 fully saturated rings. The van der Waals surface area contributed by atoms with E-state index in [1.165, 1.54) is 238 Å². The molecule has 2 aliphatic heterocycles. The van der Waals surface area contributed by atoms with Gasteiger partial charge in [0.2, 0.25) is 0 Å². The predicted octanol–water partition coefficient (Wildman–Crippen LogP) is 24.2. The Morgan fingerprint density at radius 3 is 1.49 bits per heavy atom. The van der Waals surface area contributed by atoms with Crippen molar-refractivity contribution in [3.05, 3.63) is 92.1 Å². The molecule has 12 nitrogen and oxygen atoms in total. The van der Waals surface area contributed by atoms with Crippen LogP contribution >= 0.6 is 0 Å². The molecule has 0 aromatic heterocycles. The van der Waals surface area contributed by atoms with Gasteiger partial charge in [-0.3, -0.25) is 4.79 Å². The van der Waals surface area contributed by atoms with Crippen molar-refractivity contribution in [3.63, 3.8) is 0 Å². The quantitative estimate of drug-likeness (QED) is 0.0278. The number of benzene rings is 1. The van der Waals surface area contributed by atoms with Gasteiger partial charge in [0, 0.05) is 25.2 Å². The summed E-state index contributed by atoms with van der Waals surface area (Å²) >= 11 is 0. The van der Waals surface area contributed by atoms with Crippen LogP contribution in [0.5, 0.6) is 11.5 Å². The maximum absolute atomic E-state index is 12.1. The molecule has 12 heteroatoms. The molecule has 0 bridgehead atoms. The number of phenolic OH excluding ortho intramolecular Hbond substituents is 1. The molecule has 1 saturated heterocycles. The molecule has 0 spiro atoms. The lowest BCUT2D eigenvalue weighted by Crippen LogP contribution is -2.45. The Morgan fingerprint density at radius 1 is 0.519 bits per heavy atom. The zero-order valence-corrected chi connectivity index (χ0v) is 70.5. The van der Waals surface area contributed by atoms with E-state index in [0.717, 1.165) is 72.3 Å². The summed E-state index contributed by atoms with van der Waals surface area (Å²) in [6.07, 6.45) is 58.6. The van der Waals surface area contributed by atoms with Crippen LogP contribution in [0.25, 0.3) is 0 Å². The van der Waals surface area contributed by atoms with Crippen molar-refractivity contribution in [1.82, 2.24) is 0 Å². The van der Waals surface area contributed by atoms with E-state index >= 15 is 0 Å². The molecule has 0 aliphatic carbocycles. The van der Waals surface area contributed by atoms with Gasteiger partial charge in [-0.15, -0.1) is 0 Å². The van der Waals surface area contributed by atoms with Crippen LogP contribution in [0.3, 0.4) is 0 Å². The fourth-order valence-corrected chi connectivity index (χ4v) is 13.9. The predicted molar refractivity (Wildman–Crippen MR) is 441 cm³/mol. The van der Waals surface area contributed by atoms with Crippen molar-refractivity contribution in [1.29, 1.82) is 0 Å². The molecule has 604 valence electrons. The summed E-state index contributed by atoms with van der Waals surface area (Å²) in [5.41, 5.74) is 13.2. The molecule has 0 saturated carbocycles. The third-order valence-electron chi connectivity index (χ3n) is 21.0. The average Bonchev–Trinajstić information content (AvgIpc) is 0.934. The van der Waals surface area contributed by atoms with E-state index < -0.39 is 24.4 Å². The number of hydrogen-bond donors (Lipinski definition) is 4. The first kappa shape index (κ1) is 98.4. The van der Waals surface area contributed by atoms with Crippen molar-refractivity contribution in [3.8, 4) is 11.5 Å². The summed E-state index contributed by atoms with van der Waals surface area (Å²) in [6, 6.07) is 0. The van der Waals surface area contributed by atoms with Crippen molar-refractivity contribution in [2.45, 2.75) is 392 Å². The van der Waals surface area contributed by atoms with Crippen molar-refractivity contribution >= 4 is 5.97 Å². The van der Waals surface area contributed by atoms with Gasteiger partial charge in [-0.05, 0) is 220 Å². The molecule has 7 atom stereocenters. The molecular weight excluding hydrogens is 1300 g/mol. The highest BCUT2D eigenvalue weighted by atomic mass is 16.6. The second-order valence-electron chi connectivity index (χ2n) is 32.4. The third kappa shape index (κ3) is 50.2. The summed E-state index contributed by atoms with van der Waals surface area (Å²) in [4.78, 5) is 12.1. The number of aliphatic hydroxyl groups is 3. The smallest absolute Gasteiger partial charge is 0.305 e. The molecule has 2 aliphatic rings. The molecule has 1 aromatic carbocycles. The number of hydrogen-bond acceptors (Lipinski definition) is 12. The highest BCUT2D eigenvalue weighted by Gasteiger charge is 2.44. The van der Waals surface area contributed by atoms with Crippen LogP contribution in [0.4, 0.5) is 0 Å². The van der Waals surface area contributed by atoms with Gasteiger partial charge in [-0.25, -0.2) is 0 Å². The van der Waals surface area contributed by atoms with Crippen molar-refractivity contribution in [2.24, 2.45) is 17.8 Å². The van der Waals surface area contributed by atoms with E-state index in [1.54, 1.807) is 0 Å². The first-order chi connectivity index (χ1) is 49.9. The number of carbonyl (C=O) groups excluding carboxylic acids is 1. The first-order valence-electron chi connectivity index (χ1n) is 42.3. The zero-order chi connectivity index (χ0) is 77.2. The molecule has 0 amide bonds. The second-order valence-corrected chi connectivity index (χ2v) is 32.4. The molecule has 3 rings (SSSR count). The number of aromatic hydroxyl groups is 1. The second kappa shape index (κ2) is 63.2. The van der Waals surface area contributed by atoms with Crippen LogP contribution in [-0.2, 0) is 39.6 Å². The number of rotatable bonds is 59. The zero-order valence-electron chi connectivity index (χ0n) is 70.5. The Kier molecular flexibility index (Phi) is 59.8. The van der Waals surface area contributed by atoms with E-state index in [2.05, 4.69) is 140 Å². The maximum atomic E-state index is 12.1. The Morgan fingerprint density at radius 2 is 1.00 bits per heavy atom. The molecule has 104 heavy (non-hydrogen) atoms. The van der Waals surface area contributed by atoms with Gasteiger partial charge in [-0.1, -0.05) is 239 Å². The van der Waals surface area contributed by atoms with Gasteiger partial charge in [0.1, 0.15) is 48.1 Å². The van der Waals surface area contributed by atoms with Gasteiger partial charge in [0.05, 0.1) is 46.2 Å².